The van der Waals surface area contributed by atoms with Crippen LogP contribution in [0.25, 0.3) is 0 Å². The highest BCUT2D eigenvalue weighted by Crippen LogP contribution is 2.18. The van der Waals surface area contributed by atoms with E-state index in [1.54, 1.807) is 0 Å². The Kier molecular flexibility index (Phi) is 4.75. The summed E-state index contributed by atoms with van der Waals surface area (Å²) in [5.41, 5.74) is 5.33. The van der Waals surface area contributed by atoms with E-state index in [0.717, 1.165) is 12.1 Å². The van der Waals surface area contributed by atoms with Crippen LogP contribution in [0, 0.1) is 23.5 Å². The monoisotopic (exact) mass is 241 g/mol. The molecule has 0 heterocycles. The number of carbonyl (C=O) groups is 1. The van der Waals surface area contributed by atoms with E-state index in [2.05, 4.69) is 0 Å². The first-order chi connectivity index (χ1) is 7.97. The van der Waals surface area contributed by atoms with Gasteiger partial charge in [0.2, 0.25) is 0 Å². The lowest BCUT2D eigenvalue weighted by molar-refractivity contribution is -0.123. The Morgan fingerprint density at radius 3 is 2.24 bits per heavy atom. The van der Waals surface area contributed by atoms with Gasteiger partial charge in [0.15, 0.2) is 0 Å². The van der Waals surface area contributed by atoms with Crippen molar-refractivity contribution in [2.75, 3.05) is 6.54 Å². The molecule has 0 saturated heterocycles. The second kappa shape index (κ2) is 5.87. The van der Waals surface area contributed by atoms with E-state index in [9.17, 15) is 13.6 Å². The van der Waals surface area contributed by atoms with Crippen LogP contribution >= 0.6 is 0 Å². The molecule has 0 aromatic heterocycles. The minimum atomic E-state index is -0.683. The van der Waals surface area contributed by atoms with Gasteiger partial charge in [0, 0.05) is 24.4 Å². The second-order valence-electron chi connectivity index (χ2n) is 4.43. The minimum Gasteiger partial charge on any atom is -0.330 e. The third-order valence-electron chi connectivity index (χ3n) is 2.88. The fourth-order valence-electron chi connectivity index (χ4n) is 1.78. The number of rotatable bonds is 5. The van der Waals surface area contributed by atoms with Crippen molar-refractivity contribution in [3.05, 3.63) is 35.4 Å². The fraction of sp³-hybridized carbons (Fsp3) is 0.462. The van der Waals surface area contributed by atoms with Gasteiger partial charge in [-0.15, -0.1) is 0 Å². The number of hydrogen-bond acceptors (Lipinski definition) is 2. The molecule has 2 nitrogen and oxygen atoms in total. The largest absolute Gasteiger partial charge is 0.330 e. The Hall–Kier alpha value is -1.29. The summed E-state index contributed by atoms with van der Waals surface area (Å²) in [5, 5.41) is 0. The molecule has 1 rings (SSSR count). The van der Waals surface area contributed by atoms with E-state index in [-0.39, 0.29) is 36.1 Å². The van der Waals surface area contributed by atoms with Gasteiger partial charge in [0.05, 0.1) is 0 Å². The van der Waals surface area contributed by atoms with Gasteiger partial charge in [0.1, 0.15) is 17.4 Å². The average molecular weight is 241 g/mol. The molecule has 17 heavy (non-hydrogen) atoms. The molecule has 0 aliphatic heterocycles. The van der Waals surface area contributed by atoms with Crippen LogP contribution < -0.4 is 5.73 Å². The van der Waals surface area contributed by atoms with Crippen LogP contribution in [0.15, 0.2) is 18.2 Å². The normalized spacial score (nSPS) is 12.8. The quantitative estimate of drug-likeness (QED) is 0.859. The second-order valence-corrected chi connectivity index (χ2v) is 4.43. The highest BCUT2D eigenvalue weighted by molar-refractivity contribution is 5.83. The van der Waals surface area contributed by atoms with Crippen molar-refractivity contribution >= 4 is 5.78 Å². The van der Waals surface area contributed by atoms with E-state index in [1.165, 1.54) is 6.07 Å². The highest BCUT2D eigenvalue weighted by Gasteiger charge is 2.22. The lowest BCUT2D eigenvalue weighted by Gasteiger charge is -2.17. The first-order valence-electron chi connectivity index (χ1n) is 5.63. The van der Waals surface area contributed by atoms with Crippen LogP contribution in [0.5, 0.6) is 0 Å². The van der Waals surface area contributed by atoms with Gasteiger partial charge in [0.25, 0.3) is 0 Å². The summed E-state index contributed by atoms with van der Waals surface area (Å²) in [4.78, 5) is 11.9. The molecule has 2 N–H and O–H groups in total. The van der Waals surface area contributed by atoms with E-state index >= 15 is 0 Å². The third kappa shape index (κ3) is 3.33. The molecular weight excluding hydrogens is 224 g/mol. The fourth-order valence-corrected chi connectivity index (χ4v) is 1.78. The summed E-state index contributed by atoms with van der Waals surface area (Å²) in [7, 11) is 0. The molecule has 0 saturated carbocycles. The summed E-state index contributed by atoms with van der Waals surface area (Å²) >= 11 is 0. The van der Waals surface area contributed by atoms with Crippen molar-refractivity contribution in [3.8, 4) is 0 Å². The Morgan fingerprint density at radius 1 is 1.29 bits per heavy atom. The lowest BCUT2D eigenvalue weighted by Crippen LogP contribution is -2.30. The molecule has 0 aliphatic carbocycles. The zero-order chi connectivity index (χ0) is 13.0. The van der Waals surface area contributed by atoms with Crippen molar-refractivity contribution in [1.82, 2.24) is 0 Å². The predicted octanol–water partition coefficient (Wildman–Crippen LogP) is 2.31. The van der Waals surface area contributed by atoms with Crippen LogP contribution in [0.3, 0.4) is 0 Å². The summed E-state index contributed by atoms with van der Waals surface area (Å²) in [6, 6.07) is 3.58. The van der Waals surface area contributed by atoms with E-state index in [1.807, 2.05) is 13.8 Å². The predicted molar refractivity (Wildman–Crippen MR) is 62.5 cm³/mol. The van der Waals surface area contributed by atoms with E-state index in [0.29, 0.717) is 0 Å². The molecule has 4 heteroatoms. The molecule has 0 aliphatic rings. The minimum absolute atomic E-state index is 0.0716. The maximum absolute atomic E-state index is 13.4. The van der Waals surface area contributed by atoms with Crippen LogP contribution in [0.1, 0.15) is 19.4 Å². The molecule has 0 spiro atoms. The van der Waals surface area contributed by atoms with E-state index in [4.69, 9.17) is 5.73 Å². The van der Waals surface area contributed by atoms with Gasteiger partial charge in [-0.3, -0.25) is 4.79 Å². The van der Waals surface area contributed by atoms with Crippen LogP contribution in [0.4, 0.5) is 8.78 Å². The Balaban J connectivity index is 2.87. The van der Waals surface area contributed by atoms with Gasteiger partial charge in [-0.05, 0) is 18.1 Å². The topological polar surface area (TPSA) is 43.1 Å². The van der Waals surface area contributed by atoms with Gasteiger partial charge >= 0.3 is 0 Å². The zero-order valence-corrected chi connectivity index (χ0v) is 10.0. The van der Waals surface area contributed by atoms with Crippen molar-refractivity contribution in [1.29, 1.82) is 0 Å². The summed E-state index contributed by atoms with van der Waals surface area (Å²) < 4.78 is 26.7. The molecule has 94 valence electrons. The number of nitrogens with two attached hydrogens (primary N) is 1. The molecule has 0 fully saturated rings. The van der Waals surface area contributed by atoms with E-state index < -0.39 is 11.6 Å². The number of benzene rings is 1. The van der Waals surface area contributed by atoms with Crippen molar-refractivity contribution in [2.24, 2.45) is 17.6 Å². The first-order valence-corrected chi connectivity index (χ1v) is 5.63. The van der Waals surface area contributed by atoms with Crippen molar-refractivity contribution in [3.63, 3.8) is 0 Å². The molecular formula is C13H17F2NO. The third-order valence-corrected chi connectivity index (χ3v) is 2.88. The number of carbonyl (C=O) groups excluding carboxylic acids is 1. The molecule has 1 aromatic rings. The van der Waals surface area contributed by atoms with Gasteiger partial charge in [-0.1, -0.05) is 19.9 Å². The van der Waals surface area contributed by atoms with Crippen LogP contribution in [0.2, 0.25) is 0 Å². The molecule has 1 aromatic carbocycles. The smallest absolute Gasteiger partial charge is 0.142 e. The summed E-state index contributed by atoms with van der Waals surface area (Å²) in [6.07, 6.45) is -0.238. The van der Waals surface area contributed by atoms with Crippen LogP contribution in [-0.2, 0) is 11.2 Å². The molecule has 0 bridgehead atoms. The molecule has 1 atom stereocenters. The Bertz CT molecular complexity index is 384. The zero-order valence-electron chi connectivity index (χ0n) is 10.0. The maximum atomic E-state index is 13.4. The van der Waals surface area contributed by atoms with Gasteiger partial charge in [-0.2, -0.15) is 0 Å². The Morgan fingerprint density at radius 2 is 1.82 bits per heavy atom. The number of hydrogen-bond donors (Lipinski definition) is 1. The number of Topliss-reactive ketones (excluding diaryl/α,β-unsaturated/α-hetero) is 1. The molecule has 1 unspecified atom stereocenters. The van der Waals surface area contributed by atoms with Crippen molar-refractivity contribution < 1.29 is 13.6 Å². The average Bonchev–Trinajstić information content (AvgIpc) is 2.24. The van der Waals surface area contributed by atoms with Crippen molar-refractivity contribution in [2.45, 2.75) is 20.3 Å². The molecule has 0 amide bonds. The first kappa shape index (κ1) is 13.8. The summed E-state index contributed by atoms with van der Waals surface area (Å²) in [6.45, 7) is 3.94. The van der Waals surface area contributed by atoms with Gasteiger partial charge < -0.3 is 5.73 Å². The lowest BCUT2D eigenvalue weighted by atomic mass is 9.88. The van der Waals surface area contributed by atoms with Gasteiger partial charge in [-0.25, -0.2) is 8.78 Å². The number of halogens is 2. The SMILES string of the molecule is CC(C)C(CN)C(=O)Cc1c(F)cccc1F. The Labute approximate surface area is 99.8 Å². The van der Waals surface area contributed by atoms with Crippen LogP contribution in [-0.4, -0.2) is 12.3 Å². The molecule has 0 radical (unpaired) electrons. The standard InChI is InChI=1S/C13H17F2NO/c1-8(2)10(7-16)13(17)6-9-11(14)4-3-5-12(9)15/h3-5,8,10H,6-7,16H2,1-2H3. The highest BCUT2D eigenvalue weighted by atomic mass is 19.1. The summed E-state index contributed by atoms with van der Waals surface area (Å²) in [5.74, 6) is -1.86. The number of ketones is 1. The maximum Gasteiger partial charge on any atom is 0.142 e.